The van der Waals surface area contributed by atoms with Gasteiger partial charge < -0.3 is 0 Å². The largest absolute Gasteiger partial charge is 0.242 e. The summed E-state index contributed by atoms with van der Waals surface area (Å²) in [6.07, 6.45) is 4.33. The molecular formula is C21H29NOSSi. The first-order valence-electron chi connectivity index (χ1n) is 8.68. The summed E-state index contributed by atoms with van der Waals surface area (Å²) in [4.78, 5) is 0. The Hall–Kier alpha value is -1.49. The molecule has 2 aromatic rings. The first-order valence-corrected chi connectivity index (χ1v) is 12.9. The van der Waals surface area contributed by atoms with Crippen molar-refractivity contribution < 1.29 is 4.21 Å². The minimum absolute atomic E-state index is 0.0789. The lowest BCUT2D eigenvalue weighted by Gasteiger charge is -2.33. The molecule has 0 saturated heterocycles. The summed E-state index contributed by atoms with van der Waals surface area (Å²) in [5.74, 6) is 0. The summed E-state index contributed by atoms with van der Waals surface area (Å²) in [7, 11) is -3.01. The second kappa shape index (κ2) is 8.26. The molecule has 0 aliphatic carbocycles. The monoisotopic (exact) mass is 371 g/mol. The van der Waals surface area contributed by atoms with Crippen molar-refractivity contribution in [3.05, 3.63) is 72.3 Å². The normalized spacial score (nSPS) is 15.2. The van der Waals surface area contributed by atoms with E-state index in [9.17, 15) is 4.21 Å². The van der Waals surface area contributed by atoms with Crippen LogP contribution in [0.25, 0.3) is 6.08 Å². The SMILES string of the molecule is CC(C)(C)S(=O)N[C@@H](/C=C/c1ccccc1)[Si](C)(C)c1ccccc1. The second-order valence-corrected chi connectivity index (χ2v) is 14.5. The topological polar surface area (TPSA) is 29.1 Å². The molecule has 0 amide bonds. The predicted octanol–water partition coefficient (Wildman–Crippen LogP) is 4.28. The summed E-state index contributed by atoms with van der Waals surface area (Å²) in [6.45, 7) is 10.7. The fourth-order valence-electron chi connectivity index (χ4n) is 2.54. The molecule has 0 fully saturated rings. The fraction of sp³-hybridized carbons (Fsp3) is 0.333. The van der Waals surface area contributed by atoms with Gasteiger partial charge in [-0.15, -0.1) is 0 Å². The lowest BCUT2D eigenvalue weighted by Crippen LogP contribution is -2.59. The highest BCUT2D eigenvalue weighted by Gasteiger charge is 2.35. The van der Waals surface area contributed by atoms with E-state index >= 15 is 0 Å². The van der Waals surface area contributed by atoms with E-state index < -0.39 is 19.1 Å². The minimum Gasteiger partial charge on any atom is -0.242 e. The Morgan fingerprint density at radius 2 is 1.48 bits per heavy atom. The maximum absolute atomic E-state index is 12.8. The number of hydrogen-bond acceptors (Lipinski definition) is 1. The molecular weight excluding hydrogens is 342 g/mol. The van der Waals surface area contributed by atoms with Gasteiger partial charge in [0.2, 0.25) is 0 Å². The molecule has 0 radical (unpaired) electrons. The van der Waals surface area contributed by atoms with Gasteiger partial charge in [-0.25, -0.2) is 8.93 Å². The highest BCUT2D eigenvalue weighted by molar-refractivity contribution is 7.84. The van der Waals surface area contributed by atoms with E-state index in [1.807, 2.05) is 45.0 Å². The van der Waals surface area contributed by atoms with Crippen LogP contribution in [0.3, 0.4) is 0 Å². The van der Waals surface area contributed by atoms with E-state index in [0.29, 0.717) is 0 Å². The molecule has 0 heterocycles. The Balaban J connectivity index is 2.34. The maximum atomic E-state index is 12.8. The lowest BCUT2D eigenvalue weighted by atomic mass is 10.2. The second-order valence-electron chi connectivity index (χ2n) is 7.83. The Kier molecular flexibility index (Phi) is 6.55. The fourth-order valence-corrected chi connectivity index (χ4v) is 6.69. The molecule has 0 bridgehead atoms. The van der Waals surface area contributed by atoms with Gasteiger partial charge >= 0.3 is 0 Å². The van der Waals surface area contributed by atoms with Crippen molar-refractivity contribution in [2.45, 2.75) is 44.3 Å². The van der Waals surface area contributed by atoms with Crippen molar-refractivity contribution in [3.63, 3.8) is 0 Å². The number of nitrogens with one attached hydrogen (secondary N) is 1. The first-order chi connectivity index (χ1) is 11.7. The summed E-state index contributed by atoms with van der Waals surface area (Å²) >= 11 is 0. The molecule has 2 nitrogen and oxygen atoms in total. The Labute approximate surface area is 156 Å². The summed E-state index contributed by atoms with van der Waals surface area (Å²) in [6, 6.07) is 20.9. The van der Waals surface area contributed by atoms with Gasteiger partial charge in [0.15, 0.2) is 0 Å². The molecule has 2 aromatic carbocycles. The molecule has 2 atom stereocenters. The lowest BCUT2D eigenvalue weighted by molar-refractivity contribution is 0.635. The molecule has 0 aliphatic heterocycles. The van der Waals surface area contributed by atoms with Gasteiger partial charge in [0, 0.05) is 5.67 Å². The minimum atomic E-state index is -1.90. The van der Waals surface area contributed by atoms with E-state index in [1.54, 1.807) is 0 Å². The molecule has 0 aromatic heterocycles. The molecule has 0 aliphatic rings. The van der Waals surface area contributed by atoms with Gasteiger partial charge in [-0.3, -0.25) is 0 Å². The van der Waals surface area contributed by atoms with E-state index in [0.717, 1.165) is 5.56 Å². The maximum Gasteiger partial charge on any atom is 0.104 e. The van der Waals surface area contributed by atoms with Crippen molar-refractivity contribution >= 4 is 30.3 Å². The molecule has 2 rings (SSSR count). The van der Waals surface area contributed by atoms with Crippen molar-refractivity contribution in [2.75, 3.05) is 0 Å². The van der Waals surface area contributed by atoms with Crippen LogP contribution in [0, 0.1) is 0 Å². The average Bonchev–Trinajstić information content (AvgIpc) is 2.59. The van der Waals surface area contributed by atoms with Gasteiger partial charge in [0.05, 0.1) is 15.7 Å². The van der Waals surface area contributed by atoms with Crippen molar-refractivity contribution in [2.24, 2.45) is 0 Å². The zero-order valence-corrected chi connectivity index (χ0v) is 17.6. The highest BCUT2D eigenvalue weighted by Crippen LogP contribution is 2.17. The number of benzene rings is 2. The van der Waals surface area contributed by atoms with Crippen LogP contribution in [0.15, 0.2) is 66.7 Å². The van der Waals surface area contributed by atoms with Crippen LogP contribution in [0.4, 0.5) is 0 Å². The molecule has 0 saturated carbocycles. The van der Waals surface area contributed by atoms with Gasteiger partial charge in [-0.05, 0) is 26.3 Å². The summed E-state index contributed by atoms with van der Waals surface area (Å²) < 4.78 is 15.9. The van der Waals surface area contributed by atoms with Crippen LogP contribution in [0.2, 0.25) is 13.1 Å². The van der Waals surface area contributed by atoms with E-state index in [2.05, 4.69) is 66.4 Å². The smallest absolute Gasteiger partial charge is 0.104 e. The Morgan fingerprint density at radius 1 is 0.960 bits per heavy atom. The van der Waals surface area contributed by atoms with E-state index in [1.165, 1.54) is 5.19 Å². The number of rotatable bonds is 6. The third-order valence-corrected chi connectivity index (χ3v) is 9.87. The zero-order valence-electron chi connectivity index (χ0n) is 15.8. The first kappa shape index (κ1) is 19.8. The third kappa shape index (κ3) is 5.49. The van der Waals surface area contributed by atoms with E-state index in [-0.39, 0.29) is 10.4 Å². The standard InChI is InChI=1S/C21H29NOSSi/c1-21(2,3)24(23)22-20(17-16-18-12-8-6-9-13-18)25(4,5)19-14-10-7-11-15-19/h6-17,20,22H,1-5H3/b17-16+/t20-,24?/m1/s1. The quantitative estimate of drug-likeness (QED) is 0.755. The Morgan fingerprint density at radius 3 is 2.00 bits per heavy atom. The Bertz CT molecular complexity index is 721. The molecule has 0 spiro atoms. The van der Waals surface area contributed by atoms with Crippen LogP contribution >= 0.6 is 0 Å². The van der Waals surface area contributed by atoms with Crippen LogP contribution in [0.1, 0.15) is 26.3 Å². The van der Waals surface area contributed by atoms with Crippen LogP contribution in [0.5, 0.6) is 0 Å². The molecule has 134 valence electrons. The van der Waals surface area contributed by atoms with Crippen molar-refractivity contribution in [1.29, 1.82) is 0 Å². The summed E-state index contributed by atoms with van der Waals surface area (Å²) in [5, 5.41) is 1.36. The molecule has 1 N–H and O–H groups in total. The van der Waals surface area contributed by atoms with Gasteiger partial charge in [-0.1, -0.05) is 91.1 Å². The number of hydrogen-bond donors (Lipinski definition) is 1. The van der Waals surface area contributed by atoms with Crippen LogP contribution < -0.4 is 9.91 Å². The molecule has 4 heteroatoms. The van der Waals surface area contributed by atoms with Crippen LogP contribution in [-0.2, 0) is 11.0 Å². The van der Waals surface area contributed by atoms with Crippen LogP contribution in [-0.4, -0.2) is 22.7 Å². The van der Waals surface area contributed by atoms with Crippen molar-refractivity contribution in [3.8, 4) is 0 Å². The van der Waals surface area contributed by atoms with E-state index in [4.69, 9.17) is 0 Å². The van der Waals surface area contributed by atoms with Gasteiger partial charge in [0.25, 0.3) is 0 Å². The van der Waals surface area contributed by atoms with Gasteiger partial charge in [-0.2, -0.15) is 0 Å². The molecule has 1 unspecified atom stereocenters. The highest BCUT2D eigenvalue weighted by atomic mass is 32.2. The molecule has 25 heavy (non-hydrogen) atoms. The summed E-state index contributed by atoms with van der Waals surface area (Å²) in [5.41, 5.74) is 1.24. The third-order valence-electron chi connectivity index (χ3n) is 4.37. The zero-order chi connectivity index (χ0) is 18.5. The van der Waals surface area contributed by atoms with Gasteiger partial charge in [0.1, 0.15) is 8.07 Å². The van der Waals surface area contributed by atoms with Crippen molar-refractivity contribution in [1.82, 2.24) is 4.72 Å². The average molecular weight is 372 g/mol. The predicted molar refractivity (Wildman–Crippen MR) is 114 cm³/mol.